The van der Waals surface area contributed by atoms with Gasteiger partial charge in [0, 0.05) is 0 Å². The van der Waals surface area contributed by atoms with Gasteiger partial charge in [-0.3, -0.25) is 4.55 Å². The van der Waals surface area contributed by atoms with Gasteiger partial charge in [0.05, 0.1) is 0 Å². The molecule has 1 aliphatic rings. The molecule has 0 unspecified atom stereocenters. The largest absolute Gasteiger partial charge is 0.317 e. The normalized spacial score (nSPS) is 17.8. The van der Waals surface area contributed by atoms with Crippen LogP contribution in [0, 0.1) is 0 Å². The predicted octanol–water partition coefficient (Wildman–Crippen LogP) is 1.03. The van der Waals surface area contributed by atoms with E-state index in [0.717, 1.165) is 0 Å². The molecule has 0 aromatic heterocycles. The van der Waals surface area contributed by atoms with Crippen molar-refractivity contribution >= 4 is 32.7 Å². The fourth-order valence-electron chi connectivity index (χ4n) is 0.802. The Balaban J connectivity index is 0.000000202. The van der Waals surface area contributed by atoms with E-state index in [9.17, 15) is 8.42 Å². The van der Waals surface area contributed by atoms with Crippen LogP contribution in [0.4, 0.5) is 0 Å². The van der Waals surface area contributed by atoms with Gasteiger partial charge in [0.15, 0.2) is 0 Å². The molecule has 2 N–H and O–H groups in total. The van der Waals surface area contributed by atoms with Gasteiger partial charge in [-0.05, 0) is 25.9 Å². The van der Waals surface area contributed by atoms with Crippen LogP contribution in [0.25, 0.3) is 0 Å². The van der Waals surface area contributed by atoms with Gasteiger partial charge in [-0.25, -0.2) is 0 Å². The second-order valence-electron chi connectivity index (χ2n) is 2.50. The molecule has 1 rings (SSSR count). The Morgan fingerprint density at radius 1 is 1.25 bits per heavy atom. The first-order chi connectivity index (χ1) is 5.56. The van der Waals surface area contributed by atoms with Gasteiger partial charge < -0.3 is 5.32 Å². The van der Waals surface area contributed by atoms with Gasteiger partial charge in [0.2, 0.25) is 0 Å². The van der Waals surface area contributed by atoms with Crippen LogP contribution >= 0.6 is 22.6 Å². The van der Waals surface area contributed by atoms with Crippen molar-refractivity contribution in [1.29, 1.82) is 0 Å². The molecule has 6 heteroatoms. The summed E-state index contributed by atoms with van der Waals surface area (Å²) in [6.45, 7) is 2.50. The summed E-state index contributed by atoms with van der Waals surface area (Å²) in [6, 6.07) is 0. The van der Waals surface area contributed by atoms with Crippen LogP contribution in [0.3, 0.4) is 0 Å². The molecule has 12 heavy (non-hydrogen) atoms. The minimum atomic E-state index is -3.68. The lowest BCUT2D eigenvalue weighted by molar-refractivity contribution is 0.490. The van der Waals surface area contributed by atoms with Crippen LogP contribution in [0.2, 0.25) is 0 Å². The van der Waals surface area contributed by atoms with E-state index in [2.05, 4.69) is 5.32 Å². The molecule has 1 fully saturated rings. The molecule has 0 amide bonds. The van der Waals surface area contributed by atoms with Crippen LogP contribution in [0.5, 0.6) is 0 Å². The van der Waals surface area contributed by atoms with E-state index >= 15 is 0 Å². The topological polar surface area (TPSA) is 66.4 Å². The fourth-order valence-corrected chi connectivity index (χ4v) is 0.802. The summed E-state index contributed by atoms with van der Waals surface area (Å²) in [5.74, 6) is 0. The van der Waals surface area contributed by atoms with Crippen molar-refractivity contribution in [2.75, 3.05) is 16.8 Å². The van der Waals surface area contributed by atoms with Crippen LogP contribution in [0.15, 0.2) is 0 Å². The highest BCUT2D eigenvalue weighted by atomic mass is 127. The maximum atomic E-state index is 9.55. The minimum absolute atomic E-state index is 0.231. The molecule has 1 saturated heterocycles. The zero-order chi connectivity index (χ0) is 9.45. The van der Waals surface area contributed by atoms with Gasteiger partial charge in [-0.15, -0.1) is 0 Å². The Kier molecular flexibility index (Phi) is 7.40. The second-order valence-corrected chi connectivity index (χ2v) is 5.75. The molecule has 0 atom stereocenters. The molecule has 0 spiro atoms. The lowest BCUT2D eigenvalue weighted by Gasteiger charge is -2.08. The van der Waals surface area contributed by atoms with E-state index in [-0.39, 0.29) is 3.76 Å². The lowest BCUT2D eigenvalue weighted by Crippen LogP contribution is -2.21. The van der Waals surface area contributed by atoms with Crippen molar-refractivity contribution in [2.24, 2.45) is 0 Å². The minimum Gasteiger partial charge on any atom is -0.317 e. The van der Waals surface area contributed by atoms with Crippen LogP contribution in [-0.2, 0) is 10.1 Å². The average Bonchev–Trinajstić information content (AvgIpc) is 2.07. The molecular weight excluding hydrogens is 293 g/mol. The lowest BCUT2D eigenvalue weighted by atomic mass is 10.2. The van der Waals surface area contributed by atoms with Crippen LogP contribution in [0.1, 0.15) is 19.3 Å². The predicted molar refractivity (Wildman–Crippen MR) is 57.2 cm³/mol. The maximum Gasteiger partial charge on any atom is 0.274 e. The molecule has 74 valence electrons. The highest BCUT2D eigenvalue weighted by Crippen LogP contribution is 1.96. The Morgan fingerprint density at radius 3 is 1.75 bits per heavy atom. The van der Waals surface area contributed by atoms with E-state index in [4.69, 9.17) is 4.55 Å². The third kappa shape index (κ3) is 10.6. The van der Waals surface area contributed by atoms with E-state index in [1.165, 1.54) is 32.4 Å². The summed E-state index contributed by atoms with van der Waals surface area (Å²) >= 11 is 1.56. The summed E-state index contributed by atoms with van der Waals surface area (Å²) in [4.78, 5) is 0. The highest BCUT2D eigenvalue weighted by Gasteiger charge is 1.95. The number of rotatable bonds is 1. The SMILES string of the molecule is C1CCNCC1.O=S(=O)(O)CI. The summed E-state index contributed by atoms with van der Waals surface area (Å²) in [5, 5.41) is 3.28. The molecule has 4 nitrogen and oxygen atoms in total. The number of piperidine rings is 1. The smallest absolute Gasteiger partial charge is 0.274 e. The van der Waals surface area contributed by atoms with Gasteiger partial charge in [0.1, 0.15) is 3.76 Å². The zero-order valence-corrected chi connectivity index (χ0v) is 9.77. The van der Waals surface area contributed by atoms with Gasteiger partial charge in [-0.2, -0.15) is 8.42 Å². The number of nitrogens with one attached hydrogen (secondary N) is 1. The van der Waals surface area contributed by atoms with Crippen molar-refractivity contribution in [2.45, 2.75) is 19.3 Å². The Morgan fingerprint density at radius 2 is 1.67 bits per heavy atom. The molecule has 0 saturated carbocycles. The third-order valence-corrected chi connectivity index (χ3v) is 3.98. The third-order valence-electron chi connectivity index (χ3n) is 1.34. The number of alkyl halides is 1. The summed E-state index contributed by atoms with van der Waals surface area (Å²) in [5.41, 5.74) is 0. The highest BCUT2D eigenvalue weighted by molar-refractivity contribution is 14.1. The molecule has 0 bridgehead atoms. The molecule has 1 aliphatic heterocycles. The first-order valence-corrected chi connectivity index (χ1v) is 6.91. The fraction of sp³-hybridized carbons (Fsp3) is 1.00. The summed E-state index contributed by atoms with van der Waals surface area (Å²) in [7, 11) is -3.68. The van der Waals surface area contributed by atoms with Gasteiger partial charge in [-0.1, -0.05) is 29.0 Å². The monoisotopic (exact) mass is 307 g/mol. The van der Waals surface area contributed by atoms with Crippen molar-refractivity contribution in [3.63, 3.8) is 0 Å². The van der Waals surface area contributed by atoms with Crippen molar-refractivity contribution < 1.29 is 13.0 Å². The molecule has 1 heterocycles. The van der Waals surface area contributed by atoms with Crippen LogP contribution < -0.4 is 5.32 Å². The molecule has 0 aromatic rings. The van der Waals surface area contributed by atoms with E-state index in [1.54, 1.807) is 22.6 Å². The van der Waals surface area contributed by atoms with E-state index < -0.39 is 10.1 Å². The van der Waals surface area contributed by atoms with Crippen LogP contribution in [-0.4, -0.2) is 29.8 Å². The molecule has 0 aromatic carbocycles. The Hall–Kier alpha value is 0.600. The summed E-state index contributed by atoms with van der Waals surface area (Å²) < 4.78 is 26.7. The molecule has 0 radical (unpaired) electrons. The molecular formula is C6H14INO3S. The maximum absolute atomic E-state index is 9.55. The molecule has 0 aliphatic carbocycles. The number of hydrogen-bond donors (Lipinski definition) is 2. The number of halogens is 1. The standard InChI is InChI=1S/C5H11N.CH3IO3S/c1-2-4-6-5-3-1;2-1-6(3,4)5/h6H,1-5H2;1H2,(H,3,4,5). The van der Waals surface area contributed by atoms with Crippen molar-refractivity contribution in [1.82, 2.24) is 5.32 Å². The van der Waals surface area contributed by atoms with Crippen molar-refractivity contribution in [3.8, 4) is 0 Å². The number of hydrogen-bond acceptors (Lipinski definition) is 3. The van der Waals surface area contributed by atoms with Crippen molar-refractivity contribution in [3.05, 3.63) is 0 Å². The Labute approximate surface area is 87.0 Å². The Bertz CT molecular complexity index is 177. The second kappa shape index (κ2) is 7.05. The first-order valence-electron chi connectivity index (χ1n) is 3.78. The zero-order valence-electron chi connectivity index (χ0n) is 6.79. The van der Waals surface area contributed by atoms with E-state index in [1.807, 2.05) is 0 Å². The quantitative estimate of drug-likeness (QED) is 0.431. The first kappa shape index (κ1) is 12.6. The average molecular weight is 307 g/mol. The van der Waals surface area contributed by atoms with E-state index in [0.29, 0.717) is 0 Å². The van der Waals surface area contributed by atoms with Gasteiger partial charge in [0.25, 0.3) is 10.1 Å². The van der Waals surface area contributed by atoms with Gasteiger partial charge >= 0.3 is 0 Å². The summed E-state index contributed by atoms with van der Waals surface area (Å²) in [6.07, 6.45) is 4.22.